The molecule has 10 nitrogen and oxygen atoms in total. The lowest BCUT2D eigenvalue weighted by Crippen LogP contribution is -2.60. The number of benzene rings is 2. The lowest BCUT2D eigenvalue weighted by atomic mass is 9.72. The summed E-state index contributed by atoms with van der Waals surface area (Å²) in [5.74, 6) is -4.23. The van der Waals surface area contributed by atoms with Gasteiger partial charge in [0.2, 0.25) is 11.8 Å². The maximum atomic E-state index is 14.8. The Morgan fingerprint density at radius 2 is 1.65 bits per heavy atom. The zero-order valence-electron chi connectivity index (χ0n) is 31.8. The molecule has 0 saturated heterocycles. The second-order valence-electron chi connectivity index (χ2n) is 15.1. The highest BCUT2D eigenvalue weighted by molar-refractivity contribution is 5.99. The van der Waals surface area contributed by atoms with Crippen molar-refractivity contribution in [3.63, 3.8) is 0 Å². The minimum atomic E-state index is -4.63. The number of ketones is 2. The second-order valence-corrected chi connectivity index (χ2v) is 15.1. The number of aromatic amines is 1. The van der Waals surface area contributed by atoms with Gasteiger partial charge >= 0.3 is 6.18 Å². The molecule has 296 valence electrons. The van der Waals surface area contributed by atoms with E-state index in [-0.39, 0.29) is 73.1 Å². The van der Waals surface area contributed by atoms with Gasteiger partial charge in [-0.15, -0.1) is 5.10 Å². The van der Waals surface area contributed by atoms with Crippen molar-refractivity contribution in [2.24, 2.45) is 39.1 Å². The molecule has 2 unspecified atom stereocenters. The Hall–Kier alpha value is -4.75. The lowest BCUT2D eigenvalue weighted by Gasteiger charge is -2.39. The molecule has 3 aromatic rings. The molecule has 3 N–H and O–H groups in total. The van der Waals surface area contributed by atoms with Crippen LogP contribution in [0.2, 0.25) is 0 Å². The molecule has 2 aromatic carbocycles. The van der Waals surface area contributed by atoms with Gasteiger partial charge in [0.25, 0.3) is 0 Å². The normalized spacial score (nSPS) is 18.9. The number of hydrogen-bond acceptors (Lipinski definition) is 7. The second kappa shape index (κ2) is 17.8. The number of H-pyrrole nitrogens is 1. The fraction of sp³-hybridized carbons (Fsp3) is 0.537. The summed E-state index contributed by atoms with van der Waals surface area (Å²) in [7, 11) is 0. The van der Waals surface area contributed by atoms with Gasteiger partial charge in [0.15, 0.2) is 5.78 Å². The van der Waals surface area contributed by atoms with Crippen molar-refractivity contribution in [2.75, 3.05) is 13.1 Å². The lowest BCUT2D eigenvalue weighted by molar-refractivity contribution is -0.139. The zero-order valence-corrected chi connectivity index (χ0v) is 31.8. The smallest absolute Gasteiger partial charge is 0.358 e. The molecule has 14 heteroatoms. The van der Waals surface area contributed by atoms with Gasteiger partial charge in [-0.25, -0.2) is 4.39 Å². The number of hydrogen-bond donors (Lipinski definition) is 3. The number of nitrogens with one attached hydrogen (secondary N) is 3. The number of rotatable bonds is 18. The number of alkyl halides is 3. The van der Waals surface area contributed by atoms with Crippen molar-refractivity contribution in [3.8, 4) is 0 Å². The van der Waals surface area contributed by atoms with E-state index in [1.807, 2.05) is 27.7 Å². The van der Waals surface area contributed by atoms with E-state index in [1.165, 1.54) is 24.3 Å². The molecule has 5 atom stereocenters. The molecule has 0 radical (unpaired) electrons. The van der Waals surface area contributed by atoms with Gasteiger partial charge in [-0.1, -0.05) is 70.9 Å². The van der Waals surface area contributed by atoms with E-state index in [9.17, 15) is 36.7 Å². The number of fused-ring (bicyclic) bond motifs is 3. The molecule has 1 aliphatic heterocycles. The predicted octanol–water partition coefficient (Wildman–Crippen LogP) is 7.87. The van der Waals surface area contributed by atoms with Gasteiger partial charge < -0.3 is 15.6 Å². The van der Waals surface area contributed by atoms with E-state index in [0.29, 0.717) is 55.4 Å². The number of carbonyl (C=O) groups excluding carboxylic acids is 4. The Labute approximate surface area is 318 Å². The van der Waals surface area contributed by atoms with Gasteiger partial charge in [0, 0.05) is 55.1 Å². The van der Waals surface area contributed by atoms with Crippen molar-refractivity contribution in [1.82, 2.24) is 15.6 Å². The van der Waals surface area contributed by atoms with Gasteiger partial charge in [-0.3, -0.25) is 19.2 Å². The molecule has 1 aliphatic carbocycles. The van der Waals surface area contributed by atoms with Crippen LogP contribution in [0.4, 0.5) is 17.6 Å². The number of aryl methyl sites for hydroxylation is 1. The predicted molar refractivity (Wildman–Crippen MR) is 201 cm³/mol. The summed E-state index contributed by atoms with van der Waals surface area (Å²) in [5, 5.41) is 17.7. The fourth-order valence-corrected chi connectivity index (χ4v) is 7.69. The first-order chi connectivity index (χ1) is 26.2. The third-order valence-electron chi connectivity index (χ3n) is 11.5. The van der Waals surface area contributed by atoms with Crippen LogP contribution in [0.5, 0.6) is 0 Å². The third kappa shape index (κ3) is 9.74. The molecule has 0 spiro atoms. The highest BCUT2D eigenvalue weighted by atomic mass is 19.4. The molecule has 5 rings (SSSR count). The SMILES string of the molecule is CCC(C)[C@H](CC(=O)[C@@]1(NC(=O)[C@@H](CC(=O)Cc2ccccc2F)C(C)CC)CCc2[nH]c3c(C(F)(F)F)cccc3c2C1)C(=O)NCCCC1=NN=NC1. The molecular formula is C41H50F4N6O4. The Kier molecular flexibility index (Phi) is 13.4. The summed E-state index contributed by atoms with van der Waals surface area (Å²) in [6.45, 7) is 8.29. The first-order valence-electron chi connectivity index (χ1n) is 19.2. The third-order valence-corrected chi connectivity index (χ3v) is 11.5. The van der Waals surface area contributed by atoms with Crippen molar-refractivity contribution in [1.29, 1.82) is 0 Å². The van der Waals surface area contributed by atoms with Crippen LogP contribution >= 0.6 is 0 Å². The van der Waals surface area contributed by atoms with Crippen LogP contribution in [0.1, 0.15) is 95.0 Å². The minimum Gasteiger partial charge on any atom is -0.358 e. The molecule has 1 aromatic heterocycles. The summed E-state index contributed by atoms with van der Waals surface area (Å²) in [4.78, 5) is 59.2. The topological polar surface area (TPSA) is 145 Å². The van der Waals surface area contributed by atoms with E-state index in [4.69, 9.17) is 0 Å². The Morgan fingerprint density at radius 3 is 2.31 bits per heavy atom. The van der Waals surface area contributed by atoms with Crippen LogP contribution in [-0.4, -0.2) is 52.7 Å². The van der Waals surface area contributed by atoms with Gasteiger partial charge in [0.05, 0.1) is 16.8 Å². The summed E-state index contributed by atoms with van der Waals surface area (Å²) < 4.78 is 56.7. The Morgan fingerprint density at radius 1 is 0.945 bits per heavy atom. The van der Waals surface area contributed by atoms with Crippen LogP contribution in [-0.2, 0) is 44.6 Å². The number of carbonyl (C=O) groups is 4. The van der Waals surface area contributed by atoms with Crippen LogP contribution in [0.15, 0.2) is 57.9 Å². The van der Waals surface area contributed by atoms with Crippen molar-refractivity contribution >= 4 is 40.0 Å². The first-order valence-corrected chi connectivity index (χ1v) is 19.2. The van der Waals surface area contributed by atoms with Gasteiger partial charge in [-0.05, 0) is 66.0 Å². The van der Waals surface area contributed by atoms with Crippen LogP contribution in [0, 0.1) is 29.5 Å². The number of halogens is 4. The molecular weight excluding hydrogens is 716 g/mol. The summed E-state index contributed by atoms with van der Waals surface area (Å²) in [5.41, 5.74) is -0.417. The summed E-state index contributed by atoms with van der Waals surface area (Å²) >= 11 is 0. The highest BCUT2D eigenvalue weighted by Crippen LogP contribution is 2.41. The van der Waals surface area contributed by atoms with E-state index < -0.39 is 46.6 Å². The molecule has 0 saturated carbocycles. The molecule has 0 fully saturated rings. The molecule has 2 amide bonds. The zero-order chi connectivity index (χ0) is 39.9. The number of para-hydroxylation sites is 1. The average Bonchev–Trinajstić information content (AvgIpc) is 3.82. The Balaban J connectivity index is 1.45. The van der Waals surface area contributed by atoms with E-state index in [0.717, 1.165) is 11.8 Å². The van der Waals surface area contributed by atoms with Crippen molar-refractivity contribution < 1.29 is 36.7 Å². The Bertz CT molecular complexity index is 1960. The largest absolute Gasteiger partial charge is 0.418 e. The molecule has 2 heterocycles. The molecule has 55 heavy (non-hydrogen) atoms. The van der Waals surface area contributed by atoms with Gasteiger partial charge in [0.1, 0.15) is 23.7 Å². The number of amides is 2. The maximum absolute atomic E-state index is 14.8. The fourth-order valence-electron chi connectivity index (χ4n) is 7.69. The molecule has 0 bridgehead atoms. The summed E-state index contributed by atoms with van der Waals surface area (Å²) in [6, 6.07) is 9.83. The average molecular weight is 767 g/mol. The van der Waals surface area contributed by atoms with Gasteiger partial charge in [-0.2, -0.15) is 18.3 Å². The maximum Gasteiger partial charge on any atom is 0.418 e. The number of nitrogens with zero attached hydrogens (tertiary/aromatic N) is 3. The first kappa shape index (κ1) is 41.4. The quantitative estimate of drug-likeness (QED) is 0.0894. The van der Waals surface area contributed by atoms with E-state index in [1.54, 1.807) is 12.1 Å². The summed E-state index contributed by atoms with van der Waals surface area (Å²) in [6.07, 6.45) is -2.76. The van der Waals surface area contributed by atoms with E-state index >= 15 is 0 Å². The monoisotopic (exact) mass is 766 g/mol. The minimum absolute atomic E-state index is 0.0716. The standard InChI is InChI=1S/C41H50F4N6O4/c1-5-24(3)30(20-28(52)19-26-11-7-8-15-34(26)42)39(55)49-40(17-16-35-32(22-40)29-13-9-14-33(37(29)48-35)41(43,44)45)36(53)21-31(25(4)6-2)38(54)46-18-10-12-27-23-47-51-50-27/h7-9,11,13-15,24-25,30-31,48H,5-6,10,12,16-23H2,1-4H3,(H,46,54)(H,49,55)/t24?,25?,30-,31-,40+/m0/s1. The number of aromatic nitrogens is 1. The number of Topliss-reactive ketones (excluding diaryl/α,β-unsaturated/α-hetero) is 2. The van der Waals surface area contributed by atoms with Crippen molar-refractivity contribution in [2.45, 2.75) is 104 Å². The van der Waals surface area contributed by atoms with Crippen LogP contribution < -0.4 is 10.6 Å². The highest BCUT2D eigenvalue weighted by Gasteiger charge is 2.47. The van der Waals surface area contributed by atoms with Crippen LogP contribution in [0.3, 0.4) is 0 Å². The van der Waals surface area contributed by atoms with Crippen LogP contribution in [0.25, 0.3) is 10.9 Å². The van der Waals surface area contributed by atoms with E-state index in [2.05, 4.69) is 31.1 Å². The van der Waals surface area contributed by atoms with Crippen molar-refractivity contribution in [3.05, 3.63) is 70.7 Å². The molecule has 2 aliphatic rings.